The van der Waals surface area contributed by atoms with E-state index in [1.54, 1.807) is 12.1 Å². The molecule has 3 nitrogen and oxygen atoms in total. The van der Waals surface area contributed by atoms with E-state index in [2.05, 4.69) is 16.7 Å². The van der Waals surface area contributed by atoms with Gasteiger partial charge in [0.1, 0.15) is 5.82 Å². The van der Waals surface area contributed by atoms with Gasteiger partial charge in [-0.1, -0.05) is 36.8 Å². The number of hydrogen-bond acceptors (Lipinski definition) is 3. The first-order valence-electron chi connectivity index (χ1n) is 7.21. The van der Waals surface area contributed by atoms with Gasteiger partial charge < -0.3 is 5.73 Å². The smallest absolute Gasteiger partial charge is 0.129 e. The summed E-state index contributed by atoms with van der Waals surface area (Å²) in [5, 5.41) is 0.493. The third-order valence-corrected chi connectivity index (χ3v) is 4.63. The number of nitrogens with two attached hydrogens (primary N) is 1. The van der Waals surface area contributed by atoms with Crippen LogP contribution in [0.1, 0.15) is 18.9 Å². The molecule has 1 heterocycles. The molecule has 1 saturated heterocycles. The Labute approximate surface area is 135 Å². The first-order chi connectivity index (χ1) is 10.0. The highest BCUT2D eigenvalue weighted by atomic mass is 35.5. The van der Waals surface area contributed by atoms with Crippen LogP contribution in [0.15, 0.2) is 18.2 Å². The van der Waals surface area contributed by atoms with E-state index in [1.165, 1.54) is 6.07 Å². The van der Waals surface area contributed by atoms with E-state index in [4.69, 9.17) is 29.6 Å². The Morgan fingerprint density at radius 2 is 2.05 bits per heavy atom. The van der Waals surface area contributed by atoms with Gasteiger partial charge >= 0.3 is 0 Å². The Morgan fingerprint density at radius 3 is 2.57 bits per heavy atom. The van der Waals surface area contributed by atoms with Gasteiger partial charge in [0.2, 0.25) is 0 Å². The molecule has 0 aliphatic carbocycles. The van der Waals surface area contributed by atoms with E-state index in [-0.39, 0.29) is 11.9 Å². The van der Waals surface area contributed by atoms with Crippen molar-refractivity contribution >= 4 is 28.8 Å². The molecule has 21 heavy (non-hydrogen) atoms. The maximum Gasteiger partial charge on any atom is 0.129 e. The van der Waals surface area contributed by atoms with Crippen molar-refractivity contribution in [2.45, 2.75) is 25.9 Å². The molecule has 0 aromatic heterocycles. The standard InChI is InChI=1S/C15H21ClFN3S/c1-2-14(15(18)21)20-8-6-19(7-9-20)10-11-12(16)4-3-5-13(11)17/h3-5,14H,2,6-10H2,1H3,(H2,18,21). The molecule has 2 rings (SSSR count). The fourth-order valence-corrected chi connectivity index (χ4v) is 3.32. The molecule has 0 bridgehead atoms. The topological polar surface area (TPSA) is 32.5 Å². The molecule has 0 radical (unpaired) electrons. The summed E-state index contributed by atoms with van der Waals surface area (Å²) >= 11 is 11.2. The van der Waals surface area contributed by atoms with E-state index >= 15 is 0 Å². The highest BCUT2D eigenvalue weighted by Gasteiger charge is 2.25. The van der Waals surface area contributed by atoms with Gasteiger partial charge in [-0.2, -0.15) is 0 Å². The average Bonchev–Trinajstić information content (AvgIpc) is 2.45. The summed E-state index contributed by atoms with van der Waals surface area (Å²) in [6, 6.07) is 4.99. The number of rotatable bonds is 5. The Hall–Kier alpha value is -0.750. The lowest BCUT2D eigenvalue weighted by Gasteiger charge is -2.38. The molecule has 2 N–H and O–H groups in total. The molecule has 1 aromatic carbocycles. The summed E-state index contributed by atoms with van der Waals surface area (Å²) in [5.41, 5.74) is 6.36. The second kappa shape index (κ2) is 7.49. The predicted octanol–water partition coefficient (Wildman–Crippen LogP) is 2.66. The average molecular weight is 330 g/mol. The van der Waals surface area contributed by atoms with Crippen LogP contribution in [0, 0.1) is 5.82 Å². The van der Waals surface area contributed by atoms with Gasteiger partial charge in [0, 0.05) is 43.3 Å². The molecule has 1 unspecified atom stereocenters. The molecule has 6 heteroatoms. The lowest BCUT2D eigenvalue weighted by molar-refractivity contribution is 0.111. The van der Waals surface area contributed by atoms with Crippen LogP contribution in [0.3, 0.4) is 0 Å². The zero-order valence-corrected chi connectivity index (χ0v) is 13.8. The van der Waals surface area contributed by atoms with Crippen LogP contribution in [0.25, 0.3) is 0 Å². The summed E-state index contributed by atoms with van der Waals surface area (Å²) < 4.78 is 13.8. The van der Waals surface area contributed by atoms with E-state index < -0.39 is 0 Å². The minimum absolute atomic E-state index is 0.166. The summed E-state index contributed by atoms with van der Waals surface area (Å²) in [6.45, 7) is 6.15. The minimum atomic E-state index is -0.237. The van der Waals surface area contributed by atoms with Crippen LogP contribution in [-0.2, 0) is 6.54 Å². The Bertz CT molecular complexity index is 483. The molecule has 0 spiro atoms. The quantitative estimate of drug-likeness (QED) is 0.842. The van der Waals surface area contributed by atoms with E-state index in [9.17, 15) is 4.39 Å². The lowest BCUT2D eigenvalue weighted by Crippen LogP contribution is -2.53. The van der Waals surface area contributed by atoms with Crippen LogP contribution in [0.2, 0.25) is 5.02 Å². The maximum atomic E-state index is 13.8. The fourth-order valence-electron chi connectivity index (χ4n) is 2.78. The SMILES string of the molecule is CCC(C(N)=S)N1CCN(Cc2c(F)cccc2Cl)CC1. The van der Waals surface area contributed by atoms with Crippen LogP contribution in [0.4, 0.5) is 4.39 Å². The molecule has 1 fully saturated rings. The first-order valence-corrected chi connectivity index (χ1v) is 8.00. The minimum Gasteiger partial charge on any atom is -0.392 e. The van der Waals surface area contributed by atoms with Crippen molar-refractivity contribution in [2.75, 3.05) is 26.2 Å². The Kier molecular flexibility index (Phi) is 5.93. The van der Waals surface area contributed by atoms with Crippen molar-refractivity contribution in [2.24, 2.45) is 5.73 Å². The molecule has 116 valence electrons. The van der Waals surface area contributed by atoms with Gasteiger partial charge in [0.05, 0.1) is 11.0 Å². The van der Waals surface area contributed by atoms with Gasteiger partial charge in [0.15, 0.2) is 0 Å². The largest absolute Gasteiger partial charge is 0.392 e. The molecule has 0 saturated carbocycles. The van der Waals surface area contributed by atoms with Gasteiger partial charge in [-0.25, -0.2) is 4.39 Å². The summed E-state index contributed by atoms with van der Waals surface area (Å²) in [5.74, 6) is -0.237. The van der Waals surface area contributed by atoms with Crippen LogP contribution < -0.4 is 5.73 Å². The first kappa shape index (κ1) is 16.6. The maximum absolute atomic E-state index is 13.8. The van der Waals surface area contributed by atoms with Gasteiger partial charge in [-0.15, -0.1) is 0 Å². The third-order valence-electron chi connectivity index (χ3n) is 4.01. The summed E-state index contributed by atoms with van der Waals surface area (Å²) in [7, 11) is 0. The third kappa shape index (κ3) is 4.13. The second-order valence-electron chi connectivity index (χ2n) is 5.34. The Morgan fingerprint density at radius 1 is 1.38 bits per heavy atom. The lowest BCUT2D eigenvalue weighted by atomic mass is 10.1. The number of halogens is 2. The number of hydrogen-bond donors (Lipinski definition) is 1. The van der Waals surface area contributed by atoms with Crippen molar-refractivity contribution in [1.29, 1.82) is 0 Å². The number of benzene rings is 1. The summed E-state index contributed by atoms with van der Waals surface area (Å²) in [6.07, 6.45) is 0.925. The van der Waals surface area contributed by atoms with Crippen LogP contribution in [-0.4, -0.2) is 47.0 Å². The molecule has 1 atom stereocenters. The summed E-state index contributed by atoms with van der Waals surface area (Å²) in [4.78, 5) is 5.08. The van der Waals surface area contributed by atoms with Gasteiger partial charge in [0.25, 0.3) is 0 Å². The van der Waals surface area contributed by atoms with Gasteiger partial charge in [-0.05, 0) is 18.6 Å². The second-order valence-corrected chi connectivity index (χ2v) is 6.22. The zero-order chi connectivity index (χ0) is 15.4. The monoisotopic (exact) mass is 329 g/mol. The van der Waals surface area contributed by atoms with E-state index in [0.717, 1.165) is 32.6 Å². The van der Waals surface area contributed by atoms with Crippen molar-refractivity contribution < 1.29 is 4.39 Å². The normalized spacial score (nSPS) is 18.6. The van der Waals surface area contributed by atoms with Crippen LogP contribution in [0.5, 0.6) is 0 Å². The molecular formula is C15H21ClFN3S. The highest BCUT2D eigenvalue weighted by molar-refractivity contribution is 7.80. The van der Waals surface area contributed by atoms with E-state index in [0.29, 0.717) is 22.1 Å². The van der Waals surface area contributed by atoms with E-state index in [1.807, 2.05) is 0 Å². The zero-order valence-electron chi connectivity index (χ0n) is 12.2. The molecule has 1 aliphatic heterocycles. The molecule has 0 amide bonds. The highest BCUT2D eigenvalue weighted by Crippen LogP contribution is 2.21. The van der Waals surface area contributed by atoms with Gasteiger partial charge in [-0.3, -0.25) is 9.80 Å². The van der Waals surface area contributed by atoms with Crippen molar-refractivity contribution in [3.05, 3.63) is 34.6 Å². The van der Waals surface area contributed by atoms with Crippen molar-refractivity contribution in [3.8, 4) is 0 Å². The number of thiocarbonyl (C=S) groups is 1. The van der Waals surface area contributed by atoms with Crippen LogP contribution >= 0.6 is 23.8 Å². The molecule has 1 aliphatic rings. The predicted molar refractivity (Wildman–Crippen MR) is 89.1 cm³/mol. The number of piperazine rings is 1. The van der Waals surface area contributed by atoms with Crippen molar-refractivity contribution in [1.82, 2.24) is 9.80 Å². The number of nitrogens with zero attached hydrogens (tertiary/aromatic N) is 2. The Balaban J connectivity index is 1.94. The fraction of sp³-hybridized carbons (Fsp3) is 0.533. The molecule has 1 aromatic rings. The molecular weight excluding hydrogens is 309 g/mol. The van der Waals surface area contributed by atoms with Crippen molar-refractivity contribution in [3.63, 3.8) is 0 Å².